The molecule has 0 amide bonds. The first-order valence-electron chi connectivity index (χ1n) is 4.66. The zero-order valence-electron chi connectivity index (χ0n) is 7.84. The van der Waals surface area contributed by atoms with Crippen LogP contribution in [0.4, 0.5) is 0 Å². The molecule has 0 bridgehead atoms. The SMILES string of the molecule is CCN1CCC[C@@]1(CC)C(=O)O. The quantitative estimate of drug-likeness (QED) is 0.696. The van der Waals surface area contributed by atoms with E-state index in [2.05, 4.69) is 4.90 Å². The fourth-order valence-corrected chi connectivity index (χ4v) is 2.19. The summed E-state index contributed by atoms with van der Waals surface area (Å²) in [5, 5.41) is 9.12. The second-order valence-electron chi connectivity index (χ2n) is 3.37. The van der Waals surface area contributed by atoms with Crippen LogP contribution in [-0.2, 0) is 4.79 Å². The van der Waals surface area contributed by atoms with Gasteiger partial charge in [-0.3, -0.25) is 9.69 Å². The fourth-order valence-electron chi connectivity index (χ4n) is 2.19. The van der Waals surface area contributed by atoms with Crippen molar-refractivity contribution < 1.29 is 9.90 Å². The zero-order valence-corrected chi connectivity index (χ0v) is 7.84. The van der Waals surface area contributed by atoms with E-state index in [4.69, 9.17) is 5.11 Å². The van der Waals surface area contributed by atoms with Crippen LogP contribution in [0, 0.1) is 0 Å². The van der Waals surface area contributed by atoms with Crippen molar-refractivity contribution >= 4 is 5.97 Å². The molecule has 0 aromatic rings. The van der Waals surface area contributed by atoms with Crippen LogP contribution in [0.1, 0.15) is 33.1 Å². The molecule has 0 aliphatic carbocycles. The summed E-state index contributed by atoms with van der Waals surface area (Å²) >= 11 is 0. The van der Waals surface area contributed by atoms with Gasteiger partial charge < -0.3 is 5.11 Å². The molecule has 12 heavy (non-hydrogen) atoms. The Morgan fingerprint density at radius 1 is 1.58 bits per heavy atom. The lowest BCUT2D eigenvalue weighted by atomic mass is 9.93. The second kappa shape index (κ2) is 3.44. The van der Waals surface area contributed by atoms with Gasteiger partial charge in [0.2, 0.25) is 0 Å². The van der Waals surface area contributed by atoms with Gasteiger partial charge in [-0.2, -0.15) is 0 Å². The topological polar surface area (TPSA) is 40.5 Å². The van der Waals surface area contributed by atoms with Crippen molar-refractivity contribution in [1.82, 2.24) is 4.90 Å². The van der Waals surface area contributed by atoms with E-state index in [1.54, 1.807) is 0 Å². The molecule has 1 aliphatic heterocycles. The Kier molecular flexibility index (Phi) is 2.73. The average molecular weight is 171 g/mol. The van der Waals surface area contributed by atoms with Crippen molar-refractivity contribution in [2.75, 3.05) is 13.1 Å². The maximum Gasteiger partial charge on any atom is 0.324 e. The molecule has 0 saturated carbocycles. The van der Waals surface area contributed by atoms with Crippen molar-refractivity contribution in [3.8, 4) is 0 Å². The summed E-state index contributed by atoms with van der Waals surface area (Å²) in [6.07, 6.45) is 2.55. The predicted molar refractivity (Wildman–Crippen MR) is 47.1 cm³/mol. The van der Waals surface area contributed by atoms with E-state index in [-0.39, 0.29) is 0 Å². The number of rotatable bonds is 3. The molecule has 1 fully saturated rings. The lowest BCUT2D eigenvalue weighted by molar-refractivity contribution is -0.149. The number of carbonyl (C=O) groups is 1. The van der Waals surface area contributed by atoms with Gasteiger partial charge in [-0.05, 0) is 32.4 Å². The van der Waals surface area contributed by atoms with Gasteiger partial charge in [0, 0.05) is 0 Å². The monoisotopic (exact) mass is 171 g/mol. The minimum atomic E-state index is -0.649. The first-order chi connectivity index (χ1) is 5.67. The lowest BCUT2D eigenvalue weighted by Crippen LogP contribution is -2.49. The Labute approximate surface area is 73.4 Å². The molecule has 70 valence electrons. The number of likely N-dealkylation sites (tertiary alicyclic amines) is 1. The third kappa shape index (κ3) is 1.22. The zero-order chi connectivity index (χ0) is 9.19. The number of hydrogen-bond donors (Lipinski definition) is 1. The number of carboxylic acid groups (broad SMARTS) is 1. The highest BCUT2D eigenvalue weighted by Gasteiger charge is 2.45. The number of carboxylic acids is 1. The van der Waals surface area contributed by atoms with Crippen molar-refractivity contribution in [3.63, 3.8) is 0 Å². The summed E-state index contributed by atoms with van der Waals surface area (Å²) in [7, 11) is 0. The molecular formula is C9H17NO2. The maximum atomic E-state index is 11.1. The summed E-state index contributed by atoms with van der Waals surface area (Å²) < 4.78 is 0. The van der Waals surface area contributed by atoms with Crippen molar-refractivity contribution in [1.29, 1.82) is 0 Å². The molecule has 1 heterocycles. The van der Waals surface area contributed by atoms with Crippen molar-refractivity contribution in [2.24, 2.45) is 0 Å². The van der Waals surface area contributed by atoms with Gasteiger partial charge in [0.25, 0.3) is 0 Å². The van der Waals surface area contributed by atoms with Crippen molar-refractivity contribution in [3.05, 3.63) is 0 Å². The third-order valence-corrected chi connectivity index (χ3v) is 2.99. The van der Waals surface area contributed by atoms with Crippen LogP contribution in [0.3, 0.4) is 0 Å². The lowest BCUT2D eigenvalue weighted by Gasteiger charge is -2.32. The Morgan fingerprint density at radius 2 is 2.25 bits per heavy atom. The average Bonchev–Trinajstić information content (AvgIpc) is 2.47. The van der Waals surface area contributed by atoms with Crippen LogP contribution in [0.2, 0.25) is 0 Å². The third-order valence-electron chi connectivity index (χ3n) is 2.99. The van der Waals surface area contributed by atoms with E-state index in [0.29, 0.717) is 0 Å². The highest BCUT2D eigenvalue weighted by Crippen LogP contribution is 2.32. The number of aliphatic carboxylic acids is 1. The molecule has 1 atom stereocenters. The first kappa shape index (κ1) is 9.52. The van der Waals surface area contributed by atoms with Gasteiger partial charge >= 0.3 is 5.97 Å². The highest BCUT2D eigenvalue weighted by molar-refractivity contribution is 5.79. The molecule has 0 aromatic carbocycles. The van der Waals surface area contributed by atoms with Crippen LogP contribution >= 0.6 is 0 Å². The fraction of sp³-hybridized carbons (Fsp3) is 0.889. The number of likely N-dealkylation sites (N-methyl/N-ethyl adjacent to an activating group) is 1. The summed E-state index contributed by atoms with van der Waals surface area (Å²) in [6.45, 7) is 5.78. The van der Waals surface area contributed by atoms with Crippen LogP contribution in [0.5, 0.6) is 0 Å². The van der Waals surface area contributed by atoms with Crippen LogP contribution in [0.25, 0.3) is 0 Å². The van der Waals surface area contributed by atoms with E-state index in [9.17, 15) is 4.79 Å². The molecule has 1 N–H and O–H groups in total. The number of hydrogen-bond acceptors (Lipinski definition) is 2. The molecule has 0 spiro atoms. The smallest absolute Gasteiger partial charge is 0.324 e. The second-order valence-corrected chi connectivity index (χ2v) is 3.37. The molecule has 1 rings (SSSR count). The highest BCUT2D eigenvalue weighted by atomic mass is 16.4. The van der Waals surface area contributed by atoms with E-state index in [1.165, 1.54) is 0 Å². The van der Waals surface area contributed by atoms with E-state index in [0.717, 1.165) is 32.4 Å². The summed E-state index contributed by atoms with van der Waals surface area (Å²) in [5.41, 5.74) is -0.547. The van der Waals surface area contributed by atoms with Gasteiger partial charge in [-0.1, -0.05) is 13.8 Å². The minimum absolute atomic E-state index is 0.547. The van der Waals surface area contributed by atoms with Gasteiger partial charge in [0.15, 0.2) is 0 Å². The molecular weight excluding hydrogens is 154 g/mol. The van der Waals surface area contributed by atoms with E-state index in [1.807, 2.05) is 13.8 Å². The Hall–Kier alpha value is -0.570. The number of nitrogens with zero attached hydrogens (tertiary/aromatic N) is 1. The largest absolute Gasteiger partial charge is 0.480 e. The Bertz CT molecular complexity index is 181. The van der Waals surface area contributed by atoms with Gasteiger partial charge in [0.05, 0.1) is 0 Å². The molecule has 0 aromatic heterocycles. The van der Waals surface area contributed by atoms with Crippen LogP contribution in [0.15, 0.2) is 0 Å². The van der Waals surface area contributed by atoms with Gasteiger partial charge in [-0.25, -0.2) is 0 Å². The molecule has 3 nitrogen and oxygen atoms in total. The van der Waals surface area contributed by atoms with Gasteiger partial charge in [0.1, 0.15) is 5.54 Å². The molecule has 1 saturated heterocycles. The molecule has 3 heteroatoms. The standard InChI is InChI=1S/C9H17NO2/c1-3-9(8(11)12)6-5-7-10(9)4-2/h3-7H2,1-2H3,(H,11,12)/t9-/m0/s1. The predicted octanol–water partition coefficient (Wildman–Crippen LogP) is 1.34. The summed E-state index contributed by atoms with van der Waals surface area (Å²) in [5.74, 6) is -0.649. The molecule has 0 radical (unpaired) electrons. The maximum absolute atomic E-state index is 11.1. The minimum Gasteiger partial charge on any atom is -0.480 e. The van der Waals surface area contributed by atoms with E-state index >= 15 is 0 Å². The first-order valence-corrected chi connectivity index (χ1v) is 4.66. The Morgan fingerprint density at radius 3 is 2.58 bits per heavy atom. The molecule has 0 unspecified atom stereocenters. The summed E-state index contributed by atoms with van der Waals surface area (Å²) in [4.78, 5) is 13.2. The van der Waals surface area contributed by atoms with E-state index < -0.39 is 11.5 Å². The van der Waals surface area contributed by atoms with Crippen molar-refractivity contribution in [2.45, 2.75) is 38.6 Å². The molecule has 1 aliphatic rings. The Balaban J connectivity index is 2.83. The van der Waals surface area contributed by atoms with Gasteiger partial charge in [-0.15, -0.1) is 0 Å². The summed E-state index contributed by atoms with van der Waals surface area (Å²) in [6, 6.07) is 0. The van der Waals surface area contributed by atoms with Crippen LogP contribution in [-0.4, -0.2) is 34.6 Å². The van der Waals surface area contributed by atoms with Crippen LogP contribution < -0.4 is 0 Å². The normalized spacial score (nSPS) is 30.8.